The molecular formula is C21H20ClF4N3O8S. The second-order valence-corrected chi connectivity index (χ2v) is 10.2. The van der Waals surface area contributed by atoms with Crippen LogP contribution in [0.5, 0.6) is 0 Å². The molecule has 0 aliphatic rings. The molecule has 0 bridgehead atoms. The molecule has 0 N–H and O–H groups in total. The van der Waals surface area contributed by atoms with Gasteiger partial charge in [0.25, 0.3) is 5.56 Å². The average molecular weight is 586 g/mol. The SMILES string of the molecule is C=CCN(C)S(=O)(=O)OC(=O)C(C)(C)OC(=O)c1cc(-n2c(=O)cc(C(F)(F)F)n(C)c2=O)c(F)cc1Cl. The number of carbonyl (C=O) groups excluding carboxylic acids is 2. The van der Waals surface area contributed by atoms with Crippen molar-refractivity contribution in [2.45, 2.75) is 25.6 Å². The van der Waals surface area contributed by atoms with Gasteiger partial charge in [-0.3, -0.25) is 9.36 Å². The van der Waals surface area contributed by atoms with E-state index < -0.39 is 73.1 Å². The summed E-state index contributed by atoms with van der Waals surface area (Å²) in [5.41, 5.74) is -8.70. The number of aromatic nitrogens is 2. The smallest absolute Gasteiger partial charge is 0.431 e. The molecule has 1 heterocycles. The van der Waals surface area contributed by atoms with Crippen molar-refractivity contribution in [1.82, 2.24) is 13.4 Å². The number of rotatable bonds is 8. The van der Waals surface area contributed by atoms with Crippen molar-refractivity contribution in [2.75, 3.05) is 13.6 Å². The Hall–Kier alpha value is -3.50. The van der Waals surface area contributed by atoms with Gasteiger partial charge in [0.05, 0.1) is 16.3 Å². The molecule has 0 amide bonds. The van der Waals surface area contributed by atoms with E-state index in [9.17, 15) is 45.2 Å². The molecule has 0 saturated carbocycles. The van der Waals surface area contributed by atoms with Gasteiger partial charge < -0.3 is 8.92 Å². The Morgan fingerprint density at radius 3 is 2.29 bits per heavy atom. The van der Waals surface area contributed by atoms with Crippen molar-refractivity contribution in [2.24, 2.45) is 7.05 Å². The van der Waals surface area contributed by atoms with Crippen LogP contribution < -0.4 is 11.2 Å². The topological polar surface area (TPSA) is 134 Å². The van der Waals surface area contributed by atoms with Gasteiger partial charge >= 0.3 is 34.1 Å². The highest BCUT2D eigenvalue weighted by Gasteiger charge is 2.39. The van der Waals surface area contributed by atoms with Gasteiger partial charge in [0.15, 0.2) is 0 Å². The molecule has 0 aliphatic heterocycles. The lowest BCUT2D eigenvalue weighted by atomic mass is 10.1. The predicted octanol–water partition coefficient (Wildman–Crippen LogP) is 2.19. The Balaban J connectivity index is 2.51. The molecular weight excluding hydrogens is 566 g/mol. The van der Waals surface area contributed by atoms with Gasteiger partial charge in [-0.05, 0) is 26.0 Å². The molecule has 1 aromatic heterocycles. The molecule has 38 heavy (non-hydrogen) atoms. The van der Waals surface area contributed by atoms with Gasteiger partial charge in [-0.1, -0.05) is 17.7 Å². The van der Waals surface area contributed by atoms with Crippen LogP contribution >= 0.6 is 11.6 Å². The maximum Gasteiger partial charge on any atom is 0.431 e. The molecule has 2 rings (SSSR count). The van der Waals surface area contributed by atoms with Crippen molar-refractivity contribution in [3.63, 3.8) is 0 Å². The lowest BCUT2D eigenvalue weighted by molar-refractivity contribution is -0.152. The van der Waals surface area contributed by atoms with Crippen LogP contribution in [0.25, 0.3) is 5.69 Å². The third kappa shape index (κ3) is 6.31. The molecule has 17 heteroatoms. The van der Waals surface area contributed by atoms with Gasteiger partial charge in [0.2, 0.25) is 5.60 Å². The summed E-state index contributed by atoms with van der Waals surface area (Å²) in [5, 5.41) is -0.629. The summed E-state index contributed by atoms with van der Waals surface area (Å²) in [6.07, 6.45) is -3.87. The van der Waals surface area contributed by atoms with Crippen LogP contribution in [0.3, 0.4) is 0 Å². The van der Waals surface area contributed by atoms with Gasteiger partial charge in [-0.25, -0.2) is 23.3 Å². The molecule has 11 nitrogen and oxygen atoms in total. The first-order chi connectivity index (χ1) is 17.2. The molecule has 2 aromatic rings. The summed E-state index contributed by atoms with van der Waals surface area (Å²) in [5.74, 6) is -4.35. The van der Waals surface area contributed by atoms with E-state index >= 15 is 0 Å². The normalized spacial score (nSPS) is 12.4. The monoisotopic (exact) mass is 585 g/mol. The molecule has 0 aliphatic carbocycles. The minimum atomic E-state index is -5.08. The van der Waals surface area contributed by atoms with Crippen LogP contribution in [0.1, 0.15) is 29.9 Å². The van der Waals surface area contributed by atoms with Crippen LogP contribution in [0.2, 0.25) is 5.02 Å². The first kappa shape index (κ1) is 30.7. The summed E-state index contributed by atoms with van der Waals surface area (Å²) in [7, 11) is -2.83. The highest BCUT2D eigenvalue weighted by atomic mass is 35.5. The number of benzene rings is 1. The number of esters is 1. The minimum Gasteiger partial charge on any atom is -0.444 e. The zero-order chi connectivity index (χ0) is 29.4. The van der Waals surface area contributed by atoms with E-state index in [-0.39, 0.29) is 21.7 Å². The van der Waals surface area contributed by atoms with E-state index in [1.54, 1.807) is 0 Å². The number of halogens is 5. The third-order valence-electron chi connectivity index (χ3n) is 4.90. The molecule has 0 saturated heterocycles. The largest absolute Gasteiger partial charge is 0.444 e. The van der Waals surface area contributed by atoms with Crippen molar-refractivity contribution in [3.8, 4) is 5.69 Å². The van der Waals surface area contributed by atoms with E-state index in [0.717, 1.165) is 20.9 Å². The zero-order valence-electron chi connectivity index (χ0n) is 20.1. The van der Waals surface area contributed by atoms with Crippen molar-refractivity contribution >= 4 is 33.8 Å². The highest BCUT2D eigenvalue weighted by Crippen LogP contribution is 2.28. The summed E-state index contributed by atoms with van der Waals surface area (Å²) in [6, 6.07) is 1.08. The number of hydrogen-bond acceptors (Lipinski definition) is 8. The maximum atomic E-state index is 14.7. The lowest BCUT2D eigenvalue weighted by Gasteiger charge is -2.24. The molecule has 208 valence electrons. The number of alkyl halides is 3. The minimum absolute atomic E-state index is 0.0269. The summed E-state index contributed by atoms with van der Waals surface area (Å²) < 4.78 is 88.3. The summed E-state index contributed by atoms with van der Waals surface area (Å²) in [6.45, 7) is 5.05. The van der Waals surface area contributed by atoms with E-state index in [1.807, 2.05) is 0 Å². The van der Waals surface area contributed by atoms with Crippen LogP contribution in [0.4, 0.5) is 17.6 Å². The van der Waals surface area contributed by atoms with Crippen molar-refractivity contribution in [3.05, 3.63) is 73.8 Å². The summed E-state index contributed by atoms with van der Waals surface area (Å²) in [4.78, 5) is 50.0. The Morgan fingerprint density at radius 1 is 1.18 bits per heavy atom. The molecule has 0 unspecified atom stereocenters. The standard InChI is InChI=1S/C21H20ClF4N3O8S/c1-6-7-27(4)38(34,35)37-18(32)20(2,3)36-17(31)11-8-14(13(23)9-12(11)22)29-16(30)10-15(21(24,25)26)28(5)19(29)33/h6,8-10H,1,7H2,2-5H3. The molecule has 0 fully saturated rings. The fourth-order valence-corrected chi connectivity index (χ4v) is 3.88. The molecule has 0 atom stereocenters. The zero-order valence-corrected chi connectivity index (χ0v) is 21.7. The van der Waals surface area contributed by atoms with Crippen LogP contribution in [-0.4, -0.2) is 53.0 Å². The van der Waals surface area contributed by atoms with Gasteiger partial charge in [0.1, 0.15) is 11.5 Å². The van der Waals surface area contributed by atoms with Gasteiger partial charge in [-0.15, -0.1) is 6.58 Å². The maximum absolute atomic E-state index is 14.7. The average Bonchev–Trinajstić information content (AvgIpc) is 2.76. The fourth-order valence-electron chi connectivity index (χ4n) is 2.85. The molecule has 0 spiro atoms. The predicted molar refractivity (Wildman–Crippen MR) is 125 cm³/mol. The van der Waals surface area contributed by atoms with E-state index in [0.29, 0.717) is 23.5 Å². The molecule has 1 aromatic carbocycles. The van der Waals surface area contributed by atoms with Gasteiger partial charge in [0, 0.05) is 26.7 Å². The Kier molecular flexibility index (Phi) is 8.65. The van der Waals surface area contributed by atoms with E-state index in [2.05, 4.69) is 10.8 Å². The number of likely N-dealkylation sites (N-methyl/N-ethyl adjacent to an activating group) is 1. The second-order valence-electron chi connectivity index (χ2n) is 8.12. The van der Waals surface area contributed by atoms with Crippen LogP contribution in [0, 0.1) is 5.82 Å². The van der Waals surface area contributed by atoms with Crippen molar-refractivity contribution in [1.29, 1.82) is 0 Å². The Labute approximate surface area is 217 Å². The second kappa shape index (κ2) is 10.7. The Morgan fingerprint density at radius 2 is 1.76 bits per heavy atom. The summed E-state index contributed by atoms with van der Waals surface area (Å²) >= 11 is 5.88. The Bertz CT molecular complexity index is 1530. The van der Waals surface area contributed by atoms with Crippen LogP contribution in [0.15, 0.2) is 40.4 Å². The number of nitrogens with zero attached hydrogens (tertiary/aromatic N) is 3. The van der Waals surface area contributed by atoms with Crippen LogP contribution in [-0.2, 0) is 37.2 Å². The quantitative estimate of drug-likeness (QED) is 0.261. The number of hydrogen-bond donors (Lipinski definition) is 0. The van der Waals surface area contributed by atoms with E-state index in [4.69, 9.17) is 16.3 Å². The first-order valence-electron chi connectivity index (χ1n) is 10.2. The first-order valence-corrected chi connectivity index (χ1v) is 11.9. The fraction of sp³-hybridized carbons (Fsp3) is 0.333. The van der Waals surface area contributed by atoms with Crippen molar-refractivity contribution < 1.29 is 44.5 Å². The molecule has 0 radical (unpaired) electrons. The number of ether oxygens (including phenoxy) is 1. The van der Waals surface area contributed by atoms with E-state index in [1.165, 1.54) is 6.08 Å². The third-order valence-corrected chi connectivity index (χ3v) is 6.48. The van der Waals surface area contributed by atoms with Gasteiger partial charge in [-0.2, -0.15) is 25.9 Å². The number of carbonyl (C=O) groups is 2. The lowest BCUT2D eigenvalue weighted by Crippen LogP contribution is -2.42. The highest BCUT2D eigenvalue weighted by molar-refractivity contribution is 7.84.